The van der Waals surface area contributed by atoms with E-state index in [4.69, 9.17) is 0 Å². The van der Waals surface area contributed by atoms with Crippen LogP contribution in [-0.2, 0) is 0 Å². The predicted molar refractivity (Wildman–Crippen MR) is 382 cm³/mol. The van der Waals surface area contributed by atoms with Gasteiger partial charge in [0.1, 0.15) is 0 Å². The van der Waals surface area contributed by atoms with E-state index in [-0.39, 0.29) is 70.2 Å². The van der Waals surface area contributed by atoms with Gasteiger partial charge in [-0.05, 0) is 123 Å². The number of benzene rings is 12. The Morgan fingerprint density at radius 1 is 0.219 bits per heavy atom. The number of carbonyl (C=O) groups excluding carboxylic acids is 8. The number of carbonyl (C=O) groups is 8. The summed E-state index contributed by atoms with van der Waals surface area (Å²) in [6, 6.07) is 88.6. The Morgan fingerprint density at radius 2 is 0.427 bits per heavy atom. The van der Waals surface area contributed by atoms with Gasteiger partial charge >= 0.3 is 0 Å². The smallest absolute Gasteiger partial charge is 0.193 e. The van der Waals surface area contributed by atoms with Crippen molar-refractivity contribution >= 4 is 80.4 Å². The van der Waals surface area contributed by atoms with Crippen LogP contribution in [0.25, 0.3) is 44.5 Å². The molecule has 0 bridgehead atoms. The summed E-state index contributed by atoms with van der Waals surface area (Å²) in [5, 5.41) is 0. The van der Waals surface area contributed by atoms with Crippen LogP contribution in [-0.4, -0.2) is 46.3 Å². The molecule has 0 unspecified atom stereocenters. The van der Waals surface area contributed by atoms with E-state index >= 15 is 0 Å². The Morgan fingerprint density at radius 3 is 0.698 bits per heavy atom. The lowest BCUT2D eigenvalue weighted by atomic mass is 9.86. The van der Waals surface area contributed by atoms with Gasteiger partial charge in [0.15, 0.2) is 46.3 Å². The van der Waals surface area contributed by atoms with Crippen molar-refractivity contribution in [2.24, 2.45) is 0 Å². The van der Waals surface area contributed by atoms with E-state index in [2.05, 4.69) is 9.80 Å². The monoisotopic (exact) mass is 1250 g/mol. The number of rotatable bonds is 23. The van der Waals surface area contributed by atoms with Crippen LogP contribution in [0.1, 0.15) is 135 Å². The van der Waals surface area contributed by atoms with Gasteiger partial charge in [-0.15, -0.1) is 0 Å². The van der Waals surface area contributed by atoms with Gasteiger partial charge in [-0.3, -0.25) is 38.4 Å². The van der Waals surface area contributed by atoms with Crippen LogP contribution in [0, 0.1) is 0 Å². The third-order valence-electron chi connectivity index (χ3n) is 17.2. The molecule has 0 spiro atoms. The van der Waals surface area contributed by atoms with Crippen LogP contribution in [0.5, 0.6) is 0 Å². The summed E-state index contributed by atoms with van der Waals surface area (Å²) in [4.78, 5) is 115. The number of para-hydroxylation sites is 2. The van der Waals surface area contributed by atoms with Gasteiger partial charge < -0.3 is 9.80 Å². The summed E-state index contributed by atoms with van der Waals surface area (Å²) < 4.78 is 0. The SMILES string of the molecule is CC(=O)c1cccc(C(C)=O)c1-c1ccc(N(c2ccccc2)c2ccc(-c3c(C(C)=O)cccc3C(=O)CCC(=O)c3cccc(C(=O)c4ccccc4)c3-c3ccc(N(c4ccccc4)c4ccc(-c5c(C(C)=O)cccc5C(=O)c5ccccc5)cc4)cc3)cc2)cc1. The molecule has 0 N–H and O–H groups in total. The molecule has 0 saturated heterocycles. The highest BCUT2D eigenvalue weighted by Crippen LogP contribution is 2.42. The molecule has 0 amide bonds. The number of nitrogens with zero attached hydrogens (tertiary/aromatic N) is 2. The molecule has 0 aliphatic heterocycles. The highest BCUT2D eigenvalue weighted by atomic mass is 16.2. The molecule has 10 nitrogen and oxygen atoms in total. The lowest BCUT2D eigenvalue weighted by molar-refractivity contribution is 0.0917. The Kier molecular flexibility index (Phi) is 18.7. The molecule has 12 rings (SSSR count). The third kappa shape index (κ3) is 13.2. The number of anilines is 6. The predicted octanol–water partition coefficient (Wildman–Crippen LogP) is 20.4. The standard InChI is InChI=1S/C86H64N2O8/c1-55(89)71-29-17-30-72(56(2)90)81(71)59-37-45-67(46-38-59)87(65-25-13-7-14-26-65)68-47-39-60(40-48-68)82-73(57(3)91)31-18-33-75(82)79(93)53-54-80(94)76-34-20-36-78(86(96)64-23-11-6-12-24-64)84(76)62-43-51-70(52-44-62)88(66-27-15-8-16-28-66)69-49-41-61(42-50-69)83-74(58(4)92)32-19-35-77(83)85(95)63-21-9-5-10-22-63/h5-52H,53-54H2,1-4H3. The molecule has 466 valence electrons. The van der Waals surface area contributed by atoms with Crippen LogP contribution in [0.2, 0.25) is 0 Å². The first-order valence-electron chi connectivity index (χ1n) is 31.6. The maximum absolute atomic E-state index is 15.0. The molecule has 0 radical (unpaired) electrons. The fraction of sp³-hybridized carbons (Fsp3) is 0.0698. The molecule has 0 aliphatic rings. The van der Waals surface area contributed by atoms with E-state index < -0.39 is 0 Å². The Bertz CT molecular complexity index is 4940. The Hall–Kier alpha value is -12.4. The minimum atomic E-state index is -0.360. The maximum atomic E-state index is 15.0. The van der Waals surface area contributed by atoms with Gasteiger partial charge in [0.05, 0.1) is 0 Å². The first-order valence-corrected chi connectivity index (χ1v) is 31.6. The highest BCUT2D eigenvalue weighted by molar-refractivity contribution is 6.18. The zero-order valence-corrected chi connectivity index (χ0v) is 53.3. The van der Waals surface area contributed by atoms with Gasteiger partial charge in [-0.25, -0.2) is 0 Å². The molecular formula is C86H64N2O8. The number of hydrogen-bond donors (Lipinski definition) is 0. The second-order valence-corrected chi connectivity index (χ2v) is 23.4. The summed E-state index contributed by atoms with van der Waals surface area (Å²) in [5.41, 5.74) is 13.3. The molecule has 0 heterocycles. The lowest BCUT2D eigenvalue weighted by Gasteiger charge is -2.26. The van der Waals surface area contributed by atoms with Crippen molar-refractivity contribution in [3.8, 4) is 44.5 Å². The van der Waals surface area contributed by atoms with Crippen molar-refractivity contribution in [3.63, 3.8) is 0 Å². The third-order valence-corrected chi connectivity index (χ3v) is 17.2. The molecule has 96 heavy (non-hydrogen) atoms. The van der Waals surface area contributed by atoms with E-state index in [0.29, 0.717) is 83.5 Å². The number of ketones is 8. The Labute approximate surface area is 557 Å². The van der Waals surface area contributed by atoms with E-state index in [1.165, 1.54) is 27.7 Å². The van der Waals surface area contributed by atoms with Crippen molar-refractivity contribution in [2.45, 2.75) is 40.5 Å². The average molecular weight is 1250 g/mol. The lowest BCUT2D eigenvalue weighted by Crippen LogP contribution is -2.12. The van der Waals surface area contributed by atoms with E-state index in [1.807, 2.05) is 182 Å². The van der Waals surface area contributed by atoms with Crippen molar-refractivity contribution in [1.29, 1.82) is 0 Å². The summed E-state index contributed by atoms with van der Waals surface area (Å²) in [5.74, 6) is -1.91. The topological polar surface area (TPSA) is 143 Å². The summed E-state index contributed by atoms with van der Waals surface area (Å²) in [7, 11) is 0. The molecule has 0 aromatic heterocycles. The Balaban J connectivity index is 0.850. The molecular weight excluding hydrogens is 1190 g/mol. The molecule has 12 aromatic rings. The molecule has 0 fully saturated rings. The average Bonchev–Trinajstić information content (AvgIpc) is 0.813. The largest absolute Gasteiger partial charge is 0.311 e. The molecule has 0 atom stereocenters. The molecule has 0 saturated carbocycles. The van der Waals surface area contributed by atoms with Crippen molar-refractivity contribution < 1.29 is 38.4 Å². The first kappa shape index (κ1) is 63.7. The quantitative estimate of drug-likeness (QED) is 0.0568. The van der Waals surface area contributed by atoms with E-state index in [1.54, 1.807) is 109 Å². The van der Waals surface area contributed by atoms with Crippen molar-refractivity contribution in [3.05, 3.63) is 347 Å². The normalized spacial score (nSPS) is 10.9. The van der Waals surface area contributed by atoms with Crippen molar-refractivity contribution in [2.75, 3.05) is 9.80 Å². The summed E-state index contributed by atoms with van der Waals surface area (Å²) in [6.45, 7) is 5.93. The van der Waals surface area contributed by atoms with E-state index in [9.17, 15) is 38.4 Å². The molecule has 0 aliphatic carbocycles. The first-order chi connectivity index (χ1) is 46.6. The summed E-state index contributed by atoms with van der Waals surface area (Å²) in [6.07, 6.45) is -0.424. The van der Waals surface area contributed by atoms with Gasteiger partial charge in [-0.2, -0.15) is 0 Å². The van der Waals surface area contributed by atoms with Crippen LogP contribution in [0.4, 0.5) is 34.1 Å². The fourth-order valence-electron chi connectivity index (χ4n) is 12.6. The molecule has 12 aromatic carbocycles. The van der Waals surface area contributed by atoms with Crippen LogP contribution in [0.3, 0.4) is 0 Å². The molecule has 10 heteroatoms. The van der Waals surface area contributed by atoms with Crippen LogP contribution in [0.15, 0.2) is 291 Å². The second-order valence-electron chi connectivity index (χ2n) is 23.4. The maximum Gasteiger partial charge on any atom is 0.193 e. The number of Topliss-reactive ketones (excluding diaryl/α,β-unsaturated/α-hetero) is 6. The summed E-state index contributed by atoms with van der Waals surface area (Å²) >= 11 is 0. The minimum absolute atomic E-state index is 0.151. The van der Waals surface area contributed by atoms with Crippen LogP contribution < -0.4 is 9.80 Å². The van der Waals surface area contributed by atoms with E-state index in [0.717, 1.165) is 39.7 Å². The van der Waals surface area contributed by atoms with Crippen LogP contribution >= 0.6 is 0 Å². The van der Waals surface area contributed by atoms with Gasteiger partial charge in [0, 0.05) is 125 Å². The minimum Gasteiger partial charge on any atom is -0.311 e. The van der Waals surface area contributed by atoms with Gasteiger partial charge in [0.25, 0.3) is 0 Å². The van der Waals surface area contributed by atoms with Gasteiger partial charge in [-0.1, -0.05) is 218 Å². The second kappa shape index (κ2) is 28.2. The highest BCUT2D eigenvalue weighted by Gasteiger charge is 2.27. The number of hydrogen-bond acceptors (Lipinski definition) is 10. The fourth-order valence-corrected chi connectivity index (χ4v) is 12.6. The zero-order valence-electron chi connectivity index (χ0n) is 53.3. The van der Waals surface area contributed by atoms with Gasteiger partial charge in [0.2, 0.25) is 0 Å². The van der Waals surface area contributed by atoms with Crippen molar-refractivity contribution in [1.82, 2.24) is 0 Å². The zero-order chi connectivity index (χ0) is 67.0.